The summed E-state index contributed by atoms with van der Waals surface area (Å²) in [7, 11) is 0. The van der Waals surface area contributed by atoms with Crippen LogP contribution in [0.3, 0.4) is 0 Å². The highest BCUT2D eigenvalue weighted by Gasteiger charge is 2.08. The molecule has 1 atom stereocenters. The second kappa shape index (κ2) is 7.38. The lowest BCUT2D eigenvalue weighted by Crippen LogP contribution is -2.06. The van der Waals surface area contributed by atoms with Gasteiger partial charge in [0.1, 0.15) is 5.75 Å². The number of ether oxygens (including phenoxy) is 1. The minimum absolute atomic E-state index is 0.193. The van der Waals surface area contributed by atoms with Gasteiger partial charge in [0.15, 0.2) is 5.78 Å². The van der Waals surface area contributed by atoms with Gasteiger partial charge in [-0.25, -0.2) is 0 Å². The number of carbonyl (C=O) groups is 1. The van der Waals surface area contributed by atoms with Gasteiger partial charge in [-0.05, 0) is 37.6 Å². The first-order chi connectivity index (χ1) is 8.17. The molecule has 1 unspecified atom stereocenters. The van der Waals surface area contributed by atoms with Crippen LogP contribution in [0.1, 0.15) is 37.6 Å². The molecule has 2 nitrogen and oxygen atoms in total. The van der Waals surface area contributed by atoms with Gasteiger partial charge in [0, 0.05) is 10.8 Å². The normalized spacial score (nSPS) is 12.2. The third kappa shape index (κ3) is 4.82. The van der Waals surface area contributed by atoms with E-state index in [1.165, 1.54) is 0 Å². The molecule has 0 saturated heterocycles. The maximum atomic E-state index is 11.9. The van der Waals surface area contributed by atoms with Crippen LogP contribution in [0.15, 0.2) is 24.3 Å². The van der Waals surface area contributed by atoms with Crippen LogP contribution in [0.2, 0.25) is 0 Å². The van der Waals surface area contributed by atoms with Gasteiger partial charge in [-0.3, -0.25) is 4.79 Å². The Kier molecular flexibility index (Phi) is 6.12. The first-order valence-corrected chi connectivity index (χ1v) is 7.09. The zero-order valence-electron chi connectivity index (χ0n) is 10.7. The van der Waals surface area contributed by atoms with E-state index in [9.17, 15) is 4.79 Å². The summed E-state index contributed by atoms with van der Waals surface area (Å²) in [5.41, 5.74) is 0.768. The molecule has 0 aromatic heterocycles. The van der Waals surface area contributed by atoms with Gasteiger partial charge in [-0.15, -0.1) is 0 Å². The van der Waals surface area contributed by atoms with Gasteiger partial charge in [0.25, 0.3) is 0 Å². The number of carbonyl (C=O) groups excluding carboxylic acids is 1. The Hall–Kier alpha value is -0.960. The number of hydrogen-bond donors (Lipinski definition) is 0. The van der Waals surface area contributed by atoms with Crippen LogP contribution < -0.4 is 4.74 Å². The first-order valence-electron chi connectivity index (χ1n) is 6.05. The summed E-state index contributed by atoms with van der Waals surface area (Å²) < 4.78 is 5.34. The predicted molar refractivity (Wildman–Crippen MR) is 74.2 cm³/mol. The summed E-state index contributed by atoms with van der Waals surface area (Å²) in [6.07, 6.45) is 1.10. The molecule has 1 aromatic carbocycles. The Morgan fingerprint density at radius 1 is 1.29 bits per heavy atom. The van der Waals surface area contributed by atoms with Gasteiger partial charge in [0.05, 0.1) is 12.4 Å². The summed E-state index contributed by atoms with van der Waals surface area (Å²) in [4.78, 5) is 11.9. The lowest BCUT2D eigenvalue weighted by Gasteiger charge is -2.08. The zero-order chi connectivity index (χ0) is 12.7. The summed E-state index contributed by atoms with van der Waals surface area (Å²) in [5.74, 6) is 1.57. The van der Waals surface area contributed by atoms with Crippen molar-refractivity contribution in [3.8, 4) is 5.75 Å². The van der Waals surface area contributed by atoms with Crippen LogP contribution >= 0.6 is 11.8 Å². The van der Waals surface area contributed by atoms with E-state index in [4.69, 9.17) is 4.74 Å². The maximum Gasteiger partial charge on any atom is 0.172 e. The molecule has 0 aliphatic rings. The van der Waals surface area contributed by atoms with Crippen molar-refractivity contribution in [2.75, 3.05) is 12.4 Å². The van der Waals surface area contributed by atoms with Gasteiger partial charge in [-0.1, -0.05) is 13.8 Å². The fourth-order valence-electron chi connectivity index (χ4n) is 1.32. The molecule has 0 spiro atoms. The van der Waals surface area contributed by atoms with Gasteiger partial charge >= 0.3 is 0 Å². The average molecular weight is 252 g/mol. The fraction of sp³-hybridized carbons (Fsp3) is 0.500. The highest BCUT2D eigenvalue weighted by Crippen LogP contribution is 2.17. The number of hydrogen-bond acceptors (Lipinski definition) is 3. The Morgan fingerprint density at radius 3 is 2.47 bits per heavy atom. The minimum atomic E-state index is 0.193. The van der Waals surface area contributed by atoms with Crippen LogP contribution in [0.25, 0.3) is 0 Å². The largest absolute Gasteiger partial charge is 0.494 e. The molecular formula is C14H20O2S. The van der Waals surface area contributed by atoms with Crippen molar-refractivity contribution < 1.29 is 9.53 Å². The van der Waals surface area contributed by atoms with Crippen molar-refractivity contribution in [1.82, 2.24) is 0 Å². The van der Waals surface area contributed by atoms with E-state index in [1.54, 1.807) is 11.8 Å². The van der Waals surface area contributed by atoms with Gasteiger partial charge < -0.3 is 4.74 Å². The van der Waals surface area contributed by atoms with E-state index in [-0.39, 0.29) is 5.78 Å². The number of rotatable bonds is 7. The molecule has 0 amide bonds. The molecule has 0 radical (unpaired) electrons. The number of ketones is 1. The van der Waals surface area contributed by atoms with Crippen molar-refractivity contribution >= 4 is 17.5 Å². The summed E-state index contributed by atoms with van der Waals surface area (Å²) in [6.45, 7) is 6.88. The Morgan fingerprint density at radius 2 is 1.94 bits per heavy atom. The van der Waals surface area contributed by atoms with Crippen molar-refractivity contribution in [3.05, 3.63) is 29.8 Å². The molecule has 94 valence electrons. The molecule has 17 heavy (non-hydrogen) atoms. The van der Waals surface area contributed by atoms with Gasteiger partial charge in [-0.2, -0.15) is 11.8 Å². The Balaban J connectivity index is 2.51. The average Bonchev–Trinajstić information content (AvgIpc) is 2.36. The molecule has 1 aromatic rings. The Bertz CT molecular complexity index is 346. The quantitative estimate of drug-likeness (QED) is 0.690. The molecule has 0 aliphatic heterocycles. The molecule has 0 N–H and O–H groups in total. The molecule has 0 fully saturated rings. The monoisotopic (exact) mass is 252 g/mol. The fourth-order valence-corrected chi connectivity index (χ4v) is 2.16. The van der Waals surface area contributed by atoms with E-state index in [0.717, 1.165) is 17.7 Å². The van der Waals surface area contributed by atoms with E-state index >= 15 is 0 Å². The minimum Gasteiger partial charge on any atom is -0.494 e. The summed E-state index contributed by atoms with van der Waals surface area (Å²) in [6, 6.07) is 7.38. The van der Waals surface area contributed by atoms with E-state index in [1.807, 2.05) is 31.2 Å². The third-order valence-electron chi connectivity index (χ3n) is 2.56. The van der Waals surface area contributed by atoms with Crippen LogP contribution in [0.5, 0.6) is 5.75 Å². The lowest BCUT2D eigenvalue weighted by molar-refractivity contribution is 0.102. The Labute approximate surface area is 108 Å². The van der Waals surface area contributed by atoms with Crippen molar-refractivity contribution in [1.29, 1.82) is 0 Å². The SMILES string of the molecule is CCOc1ccc(C(=O)CSC(C)CC)cc1. The molecule has 0 aliphatic carbocycles. The first kappa shape index (κ1) is 14.1. The van der Waals surface area contributed by atoms with Crippen LogP contribution in [0.4, 0.5) is 0 Å². The number of Topliss-reactive ketones (excluding diaryl/α,β-unsaturated/α-hetero) is 1. The number of thioether (sulfide) groups is 1. The van der Waals surface area contributed by atoms with E-state index < -0.39 is 0 Å². The van der Waals surface area contributed by atoms with E-state index in [0.29, 0.717) is 17.6 Å². The smallest absolute Gasteiger partial charge is 0.172 e. The topological polar surface area (TPSA) is 26.3 Å². The highest BCUT2D eigenvalue weighted by atomic mass is 32.2. The van der Waals surface area contributed by atoms with Crippen LogP contribution in [0, 0.1) is 0 Å². The van der Waals surface area contributed by atoms with Crippen LogP contribution in [-0.2, 0) is 0 Å². The molecule has 0 bridgehead atoms. The highest BCUT2D eigenvalue weighted by molar-refractivity contribution is 8.00. The predicted octanol–water partition coefficient (Wildman–Crippen LogP) is 3.80. The second-order valence-corrected chi connectivity index (χ2v) is 5.34. The van der Waals surface area contributed by atoms with Crippen molar-refractivity contribution in [3.63, 3.8) is 0 Å². The molecule has 3 heteroatoms. The lowest BCUT2D eigenvalue weighted by atomic mass is 10.1. The summed E-state index contributed by atoms with van der Waals surface area (Å²) in [5, 5.41) is 0.543. The van der Waals surface area contributed by atoms with Crippen LogP contribution in [-0.4, -0.2) is 23.4 Å². The third-order valence-corrected chi connectivity index (χ3v) is 3.89. The second-order valence-electron chi connectivity index (χ2n) is 3.91. The molecular weight excluding hydrogens is 232 g/mol. The number of benzene rings is 1. The van der Waals surface area contributed by atoms with Crippen molar-refractivity contribution in [2.45, 2.75) is 32.4 Å². The van der Waals surface area contributed by atoms with E-state index in [2.05, 4.69) is 13.8 Å². The maximum absolute atomic E-state index is 11.9. The van der Waals surface area contributed by atoms with Gasteiger partial charge in [0.2, 0.25) is 0 Å². The zero-order valence-corrected chi connectivity index (χ0v) is 11.5. The summed E-state index contributed by atoms with van der Waals surface area (Å²) >= 11 is 1.71. The molecule has 0 saturated carbocycles. The van der Waals surface area contributed by atoms with Crippen molar-refractivity contribution in [2.24, 2.45) is 0 Å². The molecule has 0 heterocycles. The molecule has 1 rings (SSSR count). The standard InChI is InChI=1S/C14H20O2S/c1-4-11(3)17-10-14(15)12-6-8-13(9-7-12)16-5-2/h6-9,11H,4-5,10H2,1-3H3.